The van der Waals surface area contributed by atoms with Gasteiger partial charge in [0.05, 0.1) is 5.69 Å². The summed E-state index contributed by atoms with van der Waals surface area (Å²) in [6.45, 7) is 0. The largest absolute Gasteiger partial charge is 0.506 e. The molecule has 2 aromatic carbocycles. The van der Waals surface area contributed by atoms with Crippen molar-refractivity contribution in [1.29, 1.82) is 5.26 Å². The summed E-state index contributed by atoms with van der Waals surface area (Å²) in [5.74, 6) is 0.158. The summed E-state index contributed by atoms with van der Waals surface area (Å²) in [5, 5.41) is 22.8. The van der Waals surface area contributed by atoms with Gasteiger partial charge in [0.25, 0.3) is 0 Å². The zero-order valence-corrected chi connectivity index (χ0v) is 13.1. The van der Waals surface area contributed by atoms with Gasteiger partial charge >= 0.3 is 0 Å². The van der Waals surface area contributed by atoms with Crippen molar-refractivity contribution in [2.24, 2.45) is 0 Å². The van der Waals surface area contributed by atoms with Gasteiger partial charge in [0, 0.05) is 16.2 Å². The van der Waals surface area contributed by atoms with Crippen molar-refractivity contribution in [3.05, 3.63) is 58.5 Å². The number of fused-ring (bicyclic) bond motifs is 1. The summed E-state index contributed by atoms with van der Waals surface area (Å²) in [5.41, 5.74) is 1.61. The van der Waals surface area contributed by atoms with E-state index in [1.54, 1.807) is 24.3 Å². The van der Waals surface area contributed by atoms with Gasteiger partial charge in [0.15, 0.2) is 5.58 Å². The number of allylic oxidation sites excluding steroid dienone is 1. The summed E-state index contributed by atoms with van der Waals surface area (Å²) in [7, 11) is 0. The Morgan fingerprint density at radius 3 is 2.74 bits per heavy atom. The number of halogens is 2. The number of phenols is 1. The quantitative estimate of drug-likeness (QED) is 0.525. The number of nitrogens with one attached hydrogen (secondary N) is 1. The van der Waals surface area contributed by atoms with E-state index in [2.05, 4.69) is 10.3 Å². The standard InChI is InChI=1S/C16H9Cl2N3O2/c17-10-1-3-14(22)12(5-10)20-8-9(7-19)16-21-13-6-11(18)2-4-15(13)23-16/h1-6,8,20,22H/b9-8-. The maximum Gasteiger partial charge on any atom is 0.239 e. The average molecular weight is 346 g/mol. The number of nitrogens with zero attached hydrogens (tertiary/aromatic N) is 2. The van der Waals surface area contributed by atoms with Crippen LogP contribution in [0, 0.1) is 11.3 Å². The Bertz CT molecular complexity index is 958. The van der Waals surface area contributed by atoms with Gasteiger partial charge in [0.1, 0.15) is 22.9 Å². The number of nitriles is 1. The number of aromatic hydroxyl groups is 1. The van der Waals surface area contributed by atoms with E-state index >= 15 is 0 Å². The lowest BCUT2D eigenvalue weighted by atomic mass is 10.2. The number of benzene rings is 2. The second kappa shape index (κ2) is 6.21. The van der Waals surface area contributed by atoms with E-state index in [0.717, 1.165) is 0 Å². The molecule has 2 N–H and O–H groups in total. The molecule has 1 aromatic heterocycles. The van der Waals surface area contributed by atoms with Crippen molar-refractivity contribution in [3.63, 3.8) is 0 Å². The van der Waals surface area contributed by atoms with E-state index in [4.69, 9.17) is 27.6 Å². The highest BCUT2D eigenvalue weighted by molar-refractivity contribution is 6.31. The molecule has 0 saturated carbocycles. The first-order chi connectivity index (χ1) is 11.1. The molecule has 0 unspecified atom stereocenters. The Kier molecular flexibility index (Phi) is 4.11. The molecule has 3 aromatic rings. The lowest BCUT2D eigenvalue weighted by Crippen LogP contribution is -1.92. The highest BCUT2D eigenvalue weighted by Gasteiger charge is 2.11. The van der Waals surface area contributed by atoms with Crippen LogP contribution in [0.5, 0.6) is 5.75 Å². The minimum Gasteiger partial charge on any atom is -0.506 e. The van der Waals surface area contributed by atoms with Gasteiger partial charge < -0.3 is 14.8 Å². The van der Waals surface area contributed by atoms with E-state index in [1.165, 1.54) is 18.3 Å². The van der Waals surface area contributed by atoms with Crippen LogP contribution >= 0.6 is 23.2 Å². The topological polar surface area (TPSA) is 82.1 Å². The second-order valence-corrected chi connectivity index (χ2v) is 5.48. The fraction of sp³-hybridized carbons (Fsp3) is 0. The lowest BCUT2D eigenvalue weighted by molar-refractivity contribution is 0.477. The first-order valence-electron chi connectivity index (χ1n) is 6.48. The number of phenolic OH excluding ortho intramolecular Hbond substituents is 1. The predicted molar refractivity (Wildman–Crippen MR) is 89.3 cm³/mol. The van der Waals surface area contributed by atoms with Crippen LogP contribution in [-0.4, -0.2) is 10.1 Å². The van der Waals surface area contributed by atoms with Crippen molar-refractivity contribution in [1.82, 2.24) is 4.98 Å². The van der Waals surface area contributed by atoms with Crippen LogP contribution in [-0.2, 0) is 0 Å². The van der Waals surface area contributed by atoms with E-state index in [-0.39, 0.29) is 17.2 Å². The summed E-state index contributed by atoms with van der Waals surface area (Å²) in [4.78, 5) is 4.23. The van der Waals surface area contributed by atoms with Crippen molar-refractivity contribution in [2.75, 3.05) is 5.32 Å². The molecule has 5 nitrogen and oxygen atoms in total. The Morgan fingerprint density at radius 1 is 1.22 bits per heavy atom. The fourth-order valence-corrected chi connectivity index (χ4v) is 2.27. The van der Waals surface area contributed by atoms with Crippen LogP contribution in [0.2, 0.25) is 10.0 Å². The molecule has 0 fully saturated rings. The molecule has 3 rings (SSSR count). The summed E-state index contributed by atoms with van der Waals surface area (Å²) < 4.78 is 5.53. The van der Waals surface area contributed by atoms with Crippen molar-refractivity contribution in [2.45, 2.75) is 0 Å². The van der Waals surface area contributed by atoms with Crippen LogP contribution in [0.1, 0.15) is 5.89 Å². The zero-order chi connectivity index (χ0) is 16.4. The van der Waals surface area contributed by atoms with Gasteiger partial charge in [-0.2, -0.15) is 5.26 Å². The first kappa shape index (κ1) is 15.2. The van der Waals surface area contributed by atoms with Crippen LogP contribution in [0.3, 0.4) is 0 Å². The molecule has 0 atom stereocenters. The number of hydrogen-bond donors (Lipinski definition) is 2. The van der Waals surface area contributed by atoms with E-state index in [9.17, 15) is 10.4 Å². The number of hydrogen-bond acceptors (Lipinski definition) is 5. The predicted octanol–water partition coefficient (Wildman–Crippen LogP) is 4.82. The van der Waals surface area contributed by atoms with E-state index in [0.29, 0.717) is 26.8 Å². The fourth-order valence-electron chi connectivity index (χ4n) is 1.93. The Labute approximate surface area is 141 Å². The first-order valence-corrected chi connectivity index (χ1v) is 7.24. The molecule has 0 spiro atoms. The Balaban J connectivity index is 1.94. The third-order valence-electron chi connectivity index (χ3n) is 3.03. The van der Waals surface area contributed by atoms with Gasteiger partial charge in [-0.25, -0.2) is 4.98 Å². The summed E-state index contributed by atoms with van der Waals surface area (Å²) in [6.07, 6.45) is 1.39. The molecule has 0 bridgehead atoms. The number of aromatic nitrogens is 1. The molecular formula is C16H9Cl2N3O2. The Morgan fingerprint density at radius 2 is 1.96 bits per heavy atom. The van der Waals surface area contributed by atoms with Gasteiger partial charge in [0.2, 0.25) is 5.89 Å². The summed E-state index contributed by atoms with van der Waals surface area (Å²) in [6, 6.07) is 11.5. The minimum atomic E-state index is 0.00675. The normalized spacial score (nSPS) is 11.4. The van der Waals surface area contributed by atoms with Gasteiger partial charge in [-0.05, 0) is 36.4 Å². The zero-order valence-electron chi connectivity index (χ0n) is 11.5. The van der Waals surface area contributed by atoms with Gasteiger partial charge in [-0.3, -0.25) is 0 Å². The highest BCUT2D eigenvalue weighted by atomic mass is 35.5. The third-order valence-corrected chi connectivity index (χ3v) is 3.50. The monoisotopic (exact) mass is 345 g/mol. The molecule has 114 valence electrons. The van der Waals surface area contributed by atoms with Crippen LogP contribution < -0.4 is 5.32 Å². The maximum atomic E-state index is 9.75. The molecule has 0 aliphatic heterocycles. The van der Waals surface area contributed by atoms with Gasteiger partial charge in [-0.1, -0.05) is 23.2 Å². The molecular weight excluding hydrogens is 337 g/mol. The Hall–Kier alpha value is -2.68. The second-order valence-electron chi connectivity index (χ2n) is 4.61. The SMILES string of the molecule is N#C/C(=C/Nc1cc(Cl)ccc1O)c1nc2cc(Cl)ccc2o1. The van der Waals surface area contributed by atoms with Crippen LogP contribution in [0.4, 0.5) is 5.69 Å². The molecule has 0 radical (unpaired) electrons. The molecule has 0 aliphatic carbocycles. The van der Waals surface area contributed by atoms with Crippen LogP contribution in [0.25, 0.3) is 16.7 Å². The molecule has 0 aliphatic rings. The molecule has 0 saturated heterocycles. The van der Waals surface area contributed by atoms with E-state index in [1.807, 2.05) is 6.07 Å². The molecule has 1 heterocycles. The highest BCUT2D eigenvalue weighted by Crippen LogP contribution is 2.28. The molecule has 23 heavy (non-hydrogen) atoms. The van der Waals surface area contributed by atoms with Gasteiger partial charge in [-0.15, -0.1) is 0 Å². The van der Waals surface area contributed by atoms with E-state index < -0.39 is 0 Å². The minimum absolute atomic E-state index is 0.00675. The average Bonchev–Trinajstić information content (AvgIpc) is 2.94. The molecule has 0 amide bonds. The third kappa shape index (κ3) is 3.24. The smallest absolute Gasteiger partial charge is 0.239 e. The lowest BCUT2D eigenvalue weighted by Gasteiger charge is -2.04. The molecule has 7 heteroatoms. The van der Waals surface area contributed by atoms with Crippen molar-refractivity contribution >= 4 is 45.6 Å². The number of oxazole rings is 1. The number of anilines is 1. The summed E-state index contributed by atoms with van der Waals surface area (Å²) >= 11 is 11.8. The number of rotatable bonds is 3. The maximum absolute atomic E-state index is 9.75. The van der Waals surface area contributed by atoms with Crippen LogP contribution in [0.15, 0.2) is 47.0 Å². The van der Waals surface area contributed by atoms with Crippen molar-refractivity contribution in [3.8, 4) is 11.8 Å². The van der Waals surface area contributed by atoms with Crippen molar-refractivity contribution < 1.29 is 9.52 Å².